The van der Waals surface area contributed by atoms with Crippen molar-refractivity contribution in [3.63, 3.8) is 0 Å². The SMILES string of the molecule is COc1ccc(-c2ccc(SCCN3CCCCC3)nn2)cc1. The third kappa shape index (κ3) is 4.69. The quantitative estimate of drug-likeness (QED) is 0.755. The van der Waals surface area contributed by atoms with Crippen LogP contribution in [0.3, 0.4) is 0 Å². The van der Waals surface area contributed by atoms with Gasteiger partial charge in [0.1, 0.15) is 10.8 Å². The van der Waals surface area contributed by atoms with E-state index in [2.05, 4.69) is 21.2 Å². The number of likely N-dealkylation sites (tertiary alicyclic amines) is 1. The van der Waals surface area contributed by atoms with Gasteiger partial charge in [-0.1, -0.05) is 6.42 Å². The van der Waals surface area contributed by atoms with Gasteiger partial charge < -0.3 is 9.64 Å². The Kier molecular flexibility index (Phi) is 5.88. The van der Waals surface area contributed by atoms with Crippen molar-refractivity contribution in [1.29, 1.82) is 0 Å². The molecule has 0 aliphatic carbocycles. The first kappa shape index (κ1) is 16.3. The summed E-state index contributed by atoms with van der Waals surface area (Å²) in [5.41, 5.74) is 1.95. The monoisotopic (exact) mass is 329 g/mol. The number of piperidine rings is 1. The lowest BCUT2D eigenvalue weighted by Crippen LogP contribution is -2.31. The molecule has 0 N–H and O–H groups in total. The molecule has 3 rings (SSSR count). The predicted octanol–water partition coefficient (Wildman–Crippen LogP) is 3.73. The molecule has 0 spiro atoms. The Hall–Kier alpha value is -1.59. The van der Waals surface area contributed by atoms with Crippen molar-refractivity contribution in [2.75, 3.05) is 32.5 Å². The first-order valence-corrected chi connectivity index (χ1v) is 9.17. The van der Waals surface area contributed by atoms with E-state index in [-0.39, 0.29) is 0 Å². The minimum Gasteiger partial charge on any atom is -0.497 e. The Morgan fingerprint density at radius 1 is 1.00 bits per heavy atom. The molecule has 0 radical (unpaired) electrons. The van der Waals surface area contributed by atoms with Crippen LogP contribution in [-0.4, -0.2) is 47.6 Å². The van der Waals surface area contributed by atoms with E-state index in [1.54, 1.807) is 18.9 Å². The van der Waals surface area contributed by atoms with Crippen LogP contribution in [0.2, 0.25) is 0 Å². The average Bonchev–Trinajstić information content (AvgIpc) is 2.63. The van der Waals surface area contributed by atoms with E-state index >= 15 is 0 Å². The van der Waals surface area contributed by atoms with Crippen molar-refractivity contribution in [1.82, 2.24) is 15.1 Å². The first-order chi connectivity index (χ1) is 11.3. The summed E-state index contributed by atoms with van der Waals surface area (Å²) in [6, 6.07) is 12.0. The normalized spacial score (nSPS) is 15.5. The van der Waals surface area contributed by atoms with Crippen LogP contribution in [0.25, 0.3) is 11.3 Å². The molecule has 0 atom stereocenters. The van der Waals surface area contributed by atoms with Crippen molar-refractivity contribution in [3.8, 4) is 17.0 Å². The van der Waals surface area contributed by atoms with Crippen LogP contribution in [0.1, 0.15) is 19.3 Å². The molecule has 5 heteroatoms. The highest BCUT2D eigenvalue weighted by atomic mass is 32.2. The van der Waals surface area contributed by atoms with Gasteiger partial charge in [-0.05, 0) is 62.3 Å². The summed E-state index contributed by atoms with van der Waals surface area (Å²) in [6.07, 6.45) is 4.09. The Morgan fingerprint density at radius 3 is 2.43 bits per heavy atom. The molecule has 1 aromatic carbocycles. The summed E-state index contributed by atoms with van der Waals surface area (Å²) >= 11 is 1.79. The zero-order valence-corrected chi connectivity index (χ0v) is 14.4. The smallest absolute Gasteiger partial charge is 0.119 e. The highest BCUT2D eigenvalue weighted by Crippen LogP contribution is 2.22. The second kappa shape index (κ2) is 8.31. The standard InChI is InChI=1S/C18H23N3OS/c1-22-16-7-5-15(6-8-16)17-9-10-18(20-19-17)23-14-13-21-11-3-2-4-12-21/h5-10H,2-4,11-14H2,1H3. The third-order valence-corrected chi connectivity index (χ3v) is 5.03. The van der Waals surface area contributed by atoms with E-state index in [1.165, 1.54) is 32.4 Å². The molecule has 1 aliphatic rings. The summed E-state index contributed by atoms with van der Waals surface area (Å²) in [5.74, 6) is 1.93. The maximum absolute atomic E-state index is 5.18. The average molecular weight is 329 g/mol. The topological polar surface area (TPSA) is 38.2 Å². The van der Waals surface area contributed by atoms with E-state index in [0.29, 0.717) is 0 Å². The molecule has 1 saturated heterocycles. The Bertz CT molecular complexity index is 595. The van der Waals surface area contributed by atoms with Crippen LogP contribution in [0, 0.1) is 0 Å². The molecule has 2 aromatic rings. The Balaban J connectivity index is 1.51. The summed E-state index contributed by atoms with van der Waals surface area (Å²) in [5, 5.41) is 9.69. The molecule has 4 nitrogen and oxygen atoms in total. The Labute approximate surface area is 142 Å². The van der Waals surface area contributed by atoms with Gasteiger partial charge in [-0.15, -0.1) is 22.0 Å². The van der Waals surface area contributed by atoms with Crippen molar-refractivity contribution < 1.29 is 4.74 Å². The van der Waals surface area contributed by atoms with Gasteiger partial charge in [-0.25, -0.2) is 0 Å². The van der Waals surface area contributed by atoms with Gasteiger partial charge in [0, 0.05) is 17.9 Å². The largest absolute Gasteiger partial charge is 0.497 e. The fraction of sp³-hybridized carbons (Fsp3) is 0.444. The molecule has 0 bridgehead atoms. The van der Waals surface area contributed by atoms with Crippen molar-refractivity contribution in [2.45, 2.75) is 24.3 Å². The highest BCUT2D eigenvalue weighted by molar-refractivity contribution is 7.99. The van der Waals surface area contributed by atoms with Crippen LogP contribution in [0.5, 0.6) is 5.75 Å². The van der Waals surface area contributed by atoms with Crippen molar-refractivity contribution in [3.05, 3.63) is 36.4 Å². The number of nitrogens with zero attached hydrogens (tertiary/aromatic N) is 3. The van der Waals surface area contributed by atoms with E-state index < -0.39 is 0 Å². The summed E-state index contributed by atoms with van der Waals surface area (Å²) in [6.45, 7) is 3.65. The second-order valence-corrected chi connectivity index (χ2v) is 6.85. The lowest BCUT2D eigenvalue weighted by Gasteiger charge is -2.25. The molecular formula is C18H23N3OS. The number of rotatable bonds is 6. The number of aromatic nitrogens is 2. The van der Waals surface area contributed by atoms with Gasteiger partial charge in [-0.2, -0.15) is 0 Å². The van der Waals surface area contributed by atoms with Gasteiger partial charge >= 0.3 is 0 Å². The van der Waals surface area contributed by atoms with E-state index in [1.807, 2.05) is 30.3 Å². The molecule has 0 saturated carbocycles. The number of methoxy groups -OCH3 is 1. The van der Waals surface area contributed by atoms with Gasteiger partial charge in [0.2, 0.25) is 0 Å². The maximum atomic E-state index is 5.18. The minimum atomic E-state index is 0.853. The van der Waals surface area contributed by atoms with Crippen LogP contribution in [0.4, 0.5) is 0 Å². The van der Waals surface area contributed by atoms with Gasteiger partial charge in [0.05, 0.1) is 12.8 Å². The predicted molar refractivity (Wildman–Crippen MR) is 95.0 cm³/mol. The van der Waals surface area contributed by atoms with Crippen LogP contribution < -0.4 is 4.74 Å². The summed E-state index contributed by atoms with van der Waals surface area (Å²) < 4.78 is 5.18. The van der Waals surface area contributed by atoms with E-state index in [0.717, 1.165) is 34.3 Å². The fourth-order valence-electron chi connectivity index (χ4n) is 2.78. The highest BCUT2D eigenvalue weighted by Gasteiger charge is 2.09. The third-order valence-electron chi connectivity index (χ3n) is 4.13. The van der Waals surface area contributed by atoms with Crippen LogP contribution >= 0.6 is 11.8 Å². The van der Waals surface area contributed by atoms with E-state index in [4.69, 9.17) is 4.74 Å². The molecule has 1 aliphatic heterocycles. The molecular weight excluding hydrogens is 306 g/mol. The molecule has 122 valence electrons. The maximum Gasteiger partial charge on any atom is 0.119 e. The molecule has 1 aromatic heterocycles. The zero-order valence-electron chi connectivity index (χ0n) is 13.6. The zero-order chi connectivity index (χ0) is 15.9. The van der Waals surface area contributed by atoms with Gasteiger partial charge in [0.15, 0.2) is 0 Å². The van der Waals surface area contributed by atoms with E-state index in [9.17, 15) is 0 Å². The van der Waals surface area contributed by atoms with Gasteiger partial charge in [-0.3, -0.25) is 0 Å². The number of hydrogen-bond donors (Lipinski definition) is 0. The summed E-state index contributed by atoms with van der Waals surface area (Å²) in [4.78, 5) is 2.55. The van der Waals surface area contributed by atoms with Gasteiger partial charge in [0.25, 0.3) is 0 Å². The molecule has 0 amide bonds. The van der Waals surface area contributed by atoms with Crippen molar-refractivity contribution >= 4 is 11.8 Å². The minimum absolute atomic E-state index is 0.853. The first-order valence-electron chi connectivity index (χ1n) is 8.18. The number of ether oxygens (including phenoxy) is 1. The molecule has 23 heavy (non-hydrogen) atoms. The number of benzene rings is 1. The van der Waals surface area contributed by atoms with Crippen molar-refractivity contribution in [2.24, 2.45) is 0 Å². The fourth-order valence-corrected chi connectivity index (χ4v) is 3.60. The second-order valence-electron chi connectivity index (χ2n) is 5.74. The lowest BCUT2D eigenvalue weighted by molar-refractivity contribution is 0.242. The number of thioether (sulfide) groups is 1. The molecule has 0 unspecified atom stereocenters. The van der Waals surface area contributed by atoms with Crippen LogP contribution in [0.15, 0.2) is 41.4 Å². The Morgan fingerprint density at radius 2 is 1.78 bits per heavy atom. The van der Waals surface area contributed by atoms with Crippen LogP contribution in [-0.2, 0) is 0 Å². The lowest BCUT2D eigenvalue weighted by atomic mass is 10.1. The molecule has 1 fully saturated rings. The molecule has 2 heterocycles. The summed E-state index contributed by atoms with van der Waals surface area (Å²) in [7, 11) is 1.67. The number of hydrogen-bond acceptors (Lipinski definition) is 5.